The quantitative estimate of drug-likeness (QED) is 0.488. The van der Waals surface area contributed by atoms with Gasteiger partial charge in [0.25, 0.3) is 0 Å². The minimum absolute atomic E-state index is 0.0799. The van der Waals surface area contributed by atoms with Gasteiger partial charge in [0.1, 0.15) is 5.52 Å². The molecule has 0 aromatic carbocycles. The SMILES string of the molecule is CC1(Nc2ncc3nc(Nc4cncc(Cl)c4)n(C4CCC(CN)CC4)c3n2)CCOCC1. The molecule has 0 amide bonds. The van der Waals surface area contributed by atoms with Crippen LogP contribution in [0.25, 0.3) is 11.2 Å². The second-order valence-electron chi connectivity index (χ2n) is 9.43. The number of fused-ring (bicyclic) bond motifs is 1. The number of imidazole rings is 1. The maximum Gasteiger partial charge on any atom is 0.225 e. The van der Waals surface area contributed by atoms with E-state index in [1.54, 1.807) is 18.6 Å². The van der Waals surface area contributed by atoms with Crippen LogP contribution in [0.3, 0.4) is 0 Å². The van der Waals surface area contributed by atoms with Crippen LogP contribution in [0.5, 0.6) is 0 Å². The fourth-order valence-corrected chi connectivity index (χ4v) is 5.02. The minimum atomic E-state index is -0.0799. The fraction of sp³-hybridized carbons (Fsp3) is 0.565. The van der Waals surface area contributed by atoms with Crippen LogP contribution in [0.4, 0.5) is 17.6 Å². The summed E-state index contributed by atoms with van der Waals surface area (Å²) in [7, 11) is 0. The summed E-state index contributed by atoms with van der Waals surface area (Å²) in [6, 6.07) is 2.13. The third-order valence-corrected chi connectivity index (χ3v) is 7.13. The van der Waals surface area contributed by atoms with Crippen LogP contribution in [0.15, 0.2) is 24.7 Å². The van der Waals surface area contributed by atoms with E-state index in [1.807, 2.05) is 6.07 Å². The Balaban J connectivity index is 1.51. The summed E-state index contributed by atoms with van der Waals surface area (Å²) in [5.74, 6) is 1.94. The van der Waals surface area contributed by atoms with Crippen molar-refractivity contribution in [3.63, 3.8) is 0 Å². The van der Waals surface area contributed by atoms with E-state index in [-0.39, 0.29) is 11.6 Å². The molecule has 0 radical (unpaired) electrons. The normalized spacial score (nSPS) is 22.9. The Morgan fingerprint density at radius 3 is 2.67 bits per heavy atom. The molecule has 4 heterocycles. The van der Waals surface area contributed by atoms with Crippen molar-refractivity contribution in [1.82, 2.24) is 24.5 Å². The average Bonchev–Trinajstić information content (AvgIpc) is 3.16. The molecule has 176 valence electrons. The van der Waals surface area contributed by atoms with Gasteiger partial charge in [-0.2, -0.15) is 4.98 Å². The largest absolute Gasteiger partial charge is 0.381 e. The van der Waals surface area contributed by atoms with E-state index in [1.165, 1.54) is 0 Å². The minimum Gasteiger partial charge on any atom is -0.381 e. The lowest BCUT2D eigenvalue weighted by atomic mass is 9.86. The monoisotopic (exact) mass is 470 g/mol. The van der Waals surface area contributed by atoms with Crippen LogP contribution >= 0.6 is 11.6 Å². The van der Waals surface area contributed by atoms with Gasteiger partial charge in [-0.1, -0.05) is 11.6 Å². The predicted octanol–water partition coefficient (Wildman–Crippen LogP) is 4.29. The van der Waals surface area contributed by atoms with E-state index in [9.17, 15) is 0 Å². The van der Waals surface area contributed by atoms with Crippen molar-refractivity contribution < 1.29 is 4.74 Å². The molecule has 10 heteroatoms. The molecule has 1 aliphatic heterocycles. The first-order chi connectivity index (χ1) is 16.0. The van der Waals surface area contributed by atoms with Crippen molar-refractivity contribution in [3.05, 3.63) is 29.7 Å². The number of halogens is 1. The molecule has 4 N–H and O–H groups in total. The Kier molecular flexibility index (Phi) is 6.36. The summed E-state index contributed by atoms with van der Waals surface area (Å²) in [6.45, 7) is 4.44. The van der Waals surface area contributed by atoms with Crippen LogP contribution in [0, 0.1) is 5.92 Å². The van der Waals surface area contributed by atoms with E-state index in [0.29, 0.717) is 16.9 Å². The Morgan fingerprint density at radius 1 is 1.15 bits per heavy atom. The number of hydrogen-bond acceptors (Lipinski definition) is 8. The topological polar surface area (TPSA) is 116 Å². The van der Waals surface area contributed by atoms with Gasteiger partial charge in [-0.25, -0.2) is 9.97 Å². The molecule has 0 atom stereocenters. The third kappa shape index (κ3) is 4.90. The van der Waals surface area contributed by atoms with Gasteiger partial charge in [0.05, 0.1) is 23.1 Å². The molecule has 5 rings (SSSR count). The summed E-state index contributed by atoms with van der Waals surface area (Å²) in [5.41, 5.74) is 8.24. The van der Waals surface area contributed by atoms with Crippen molar-refractivity contribution in [3.8, 4) is 0 Å². The Hall–Kier alpha value is -2.49. The van der Waals surface area contributed by atoms with E-state index in [2.05, 4.69) is 32.1 Å². The number of pyridine rings is 1. The number of nitrogens with zero attached hydrogens (tertiary/aromatic N) is 5. The van der Waals surface area contributed by atoms with Crippen molar-refractivity contribution in [1.29, 1.82) is 0 Å². The standard InChI is InChI=1S/C23H31ClN8O/c1-23(6-8-33-9-7-23)31-21-27-14-19-20(30-21)32(18-4-2-15(11-25)3-5-18)22(29-19)28-17-10-16(24)12-26-13-17/h10,12-15,18H,2-9,11,25H2,1H3,(H,28,29)(H,27,30,31). The number of rotatable bonds is 6. The molecule has 0 bridgehead atoms. The fourth-order valence-electron chi connectivity index (χ4n) is 4.85. The van der Waals surface area contributed by atoms with E-state index >= 15 is 0 Å². The van der Waals surface area contributed by atoms with Crippen LogP contribution in [-0.2, 0) is 4.74 Å². The van der Waals surface area contributed by atoms with Gasteiger partial charge in [0.2, 0.25) is 11.9 Å². The van der Waals surface area contributed by atoms with Crippen molar-refractivity contribution in [2.75, 3.05) is 30.4 Å². The highest BCUT2D eigenvalue weighted by Gasteiger charge is 2.30. The molecule has 1 aliphatic carbocycles. The lowest BCUT2D eigenvalue weighted by Crippen LogP contribution is -2.41. The first kappa shape index (κ1) is 22.3. The molecule has 3 aromatic heterocycles. The van der Waals surface area contributed by atoms with Crippen molar-refractivity contribution in [2.24, 2.45) is 11.7 Å². The van der Waals surface area contributed by atoms with Gasteiger partial charge in [-0.15, -0.1) is 0 Å². The molecule has 1 saturated heterocycles. The number of hydrogen-bond donors (Lipinski definition) is 3. The highest BCUT2D eigenvalue weighted by Crippen LogP contribution is 2.37. The van der Waals surface area contributed by atoms with E-state index in [0.717, 1.165) is 81.1 Å². The molecule has 0 unspecified atom stereocenters. The molecule has 0 spiro atoms. The van der Waals surface area contributed by atoms with Crippen molar-refractivity contribution >= 4 is 40.3 Å². The van der Waals surface area contributed by atoms with Gasteiger partial charge in [-0.05, 0) is 64.0 Å². The van der Waals surface area contributed by atoms with E-state index in [4.69, 9.17) is 32.0 Å². The first-order valence-corrected chi connectivity index (χ1v) is 12.1. The van der Waals surface area contributed by atoms with E-state index < -0.39 is 0 Å². The zero-order chi connectivity index (χ0) is 22.8. The van der Waals surface area contributed by atoms with Gasteiger partial charge in [0.15, 0.2) is 5.65 Å². The molecule has 1 saturated carbocycles. The van der Waals surface area contributed by atoms with Gasteiger partial charge >= 0.3 is 0 Å². The molecule has 9 nitrogen and oxygen atoms in total. The molecule has 2 fully saturated rings. The molecule has 3 aromatic rings. The highest BCUT2D eigenvalue weighted by molar-refractivity contribution is 6.30. The summed E-state index contributed by atoms with van der Waals surface area (Å²) in [6.07, 6.45) is 11.3. The maximum atomic E-state index is 6.16. The Labute approximate surface area is 198 Å². The highest BCUT2D eigenvalue weighted by atomic mass is 35.5. The maximum absolute atomic E-state index is 6.16. The number of nitrogens with two attached hydrogens (primary N) is 1. The van der Waals surface area contributed by atoms with Crippen LogP contribution < -0.4 is 16.4 Å². The second-order valence-corrected chi connectivity index (χ2v) is 9.87. The van der Waals surface area contributed by atoms with Gasteiger partial charge in [0, 0.05) is 31.0 Å². The summed E-state index contributed by atoms with van der Waals surface area (Å²) < 4.78 is 7.76. The summed E-state index contributed by atoms with van der Waals surface area (Å²) in [5, 5.41) is 7.53. The first-order valence-electron chi connectivity index (χ1n) is 11.7. The summed E-state index contributed by atoms with van der Waals surface area (Å²) >= 11 is 6.16. The Bertz CT molecular complexity index is 1110. The van der Waals surface area contributed by atoms with Crippen LogP contribution in [-0.4, -0.2) is 49.8 Å². The van der Waals surface area contributed by atoms with Crippen molar-refractivity contribution in [2.45, 2.75) is 57.0 Å². The molecular weight excluding hydrogens is 440 g/mol. The third-order valence-electron chi connectivity index (χ3n) is 6.92. The Morgan fingerprint density at radius 2 is 1.94 bits per heavy atom. The van der Waals surface area contributed by atoms with Crippen LogP contribution in [0.1, 0.15) is 51.5 Å². The number of aromatic nitrogens is 5. The number of ether oxygens (including phenoxy) is 1. The molecule has 33 heavy (non-hydrogen) atoms. The summed E-state index contributed by atoms with van der Waals surface area (Å²) in [4.78, 5) is 18.5. The average molecular weight is 471 g/mol. The lowest BCUT2D eigenvalue weighted by molar-refractivity contribution is 0.0656. The number of nitrogens with one attached hydrogen (secondary N) is 2. The lowest BCUT2D eigenvalue weighted by Gasteiger charge is -2.34. The number of anilines is 3. The molecular formula is C23H31ClN8O. The predicted molar refractivity (Wildman–Crippen MR) is 130 cm³/mol. The smallest absolute Gasteiger partial charge is 0.225 e. The second kappa shape index (κ2) is 9.40. The van der Waals surface area contributed by atoms with Gasteiger partial charge in [-0.3, -0.25) is 9.55 Å². The van der Waals surface area contributed by atoms with Crippen LogP contribution in [0.2, 0.25) is 5.02 Å². The molecule has 2 aliphatic rings. The zero-order valence-corrected chi connectivity index (χ0v) is 19.7. The zero-order valence-electron chi connectivity index (χ0n) is 18.9. The van der Waals surface area contributed by atoms with Gasteiger partial charge < -0.3 is 21.1 Å².